The summed E-state index contributed by atoms with van der Waals surface area (Å²) in [5.41, 5.74) is -0.164. The minimum atomic E-state index is -0.398. The molecule has 0 heterocycles. The van der Waals surface area contributed by atoms with Crippen molar-refractivity contribution in [1.82, 2.24) is 0 Å². The molecule has 6 heteroatoms. The lowest BCUT2D eigenvalue weighted by Crippen LogP contribution is -2.62. The van der Waals surface area contributed by atoms with Crippen molar-refractivity contribution in [2.24, 2.45) is 46.3 Å². The third-order valence-electron chi connectivity index (χ3n) is 11.1. The van der Waals surface area contributed by atoms with Crippen molar-refractivity contribution in [2.45, 2.75) is 117 Å². The molecule has 0 radical (unpaired) electrons. The molecule has 0 saturated heterocycles. The van der Waals surface area contributed by atoms with Gasteiger partial charge in [0.2, 0.25) is 0 Å². The Hall–Kier alpha value is -1.14. The summed E-state index contributed by atoms with van der Waals surface area (Å²) in [7, 11) is 0. The molecular weight excluding hydrogens is 444 g/mol. The minimum Gasteiger partial charge on any atom is -0.466 e. The normalized spacial score (nSPS) is 45.6. The van der Waals surface area contributed by atoms with Gasteiger partial charge in [-0.3, -0.25) is 9.59 Å². The Morgan fingerprint density at radius 3 is 2.49 bits per heavy atom. The molecule has 0 aromatic carbocycles. The van der Waals surface area contributed by atoms with E-state index in [0.29, 0.717) is 42.6 Å². The maximum absolute atomic E-state index is 12.1. The van der Waals surface area contributed by atoms with E-state index >= 15 is 0 Å². The second-order valence-electron chi connectivity index (χ2n) is 12.8. The average molecular weight is 493 g/mol. The highest BCUT2D eigenvalue weighted by molar-refractivity contribution is 5.69. The first-order chi connectivity index (χ1) is 16.5. The third-order valence-corrected chi connectivity index (χ3v) is 11.1. The summed E-state index contributed by atoms with van der Waals surface area (Å²) < 4.78 is 10.8. The zero-order valence-corrected chi connectivity index (χ0v) is 22.5. The van der Waals surface area contributed by atoms with E-state index in [-0.39, 0.29) is 40.9 Å². The van der Waals surface area contributed by atoms with Crippen molar-refractivity contribution < 1.29 is 29.3 Å². The number of aliphatic hydroxyl groups excluding tert-OH is 2. The molecular formula is C29H48O6. The highest BCUT2D eigenvalue weighted by Crippen LogP contribution is 2.68. The van der Waals surface area contributed by atoms with Crippen LogP contribution >= 0.6 is 0 Å². The number of carbonyl (C=O) groups is 2. The van der Waals surface area contributed by atoms with E-state index in [2.05, 4.69) is 20.8 Å². The number of aliphatic hydroxyl groups is 2. The summed E-state index contributed by atoms with van der Waals surface area (Å²) in [5, 5.41) is 23.2. The van der Waals surface area contributed by atoms with Crippen molar-refractivity contribution >= 4 is 11.9 Å². The third kappa shape index (κ3) is 4.79. The smallest absolute Gasteiger partial charge is 0.305 e. The van der Waals surface area contributed by atoms with Crippen LogP contribution in [0.1, 0.15) is 98.8 Å². The van der Waals surface area contributed by atoms with Crippen molar-refractivity contribution in [1.29, 1.82) is 0 Å². The molecule has 4 aliphatic rings. The molecule has 6 nitrogen and oxygen atoms in total. The van der Waals surface area contributed by atoms with Gasteiger partial charge in [-0.1, -0.05) is 27.7 Å². The van der Waals surface area contributed by atoms with Crippen LogP contribution in [0.3, 0.4) is 0 Å². The van der Waals surface area contributed by atoms with Crippen molar-refractivity contribution in [3.05, 3.63) is 0 Å². The maximum Gasteiger partial charge on any atom is 0.305 e. The van der Waals surface area contributed by atoms with Crippen LogP contribution in [0.2, 0.25) is 0 Å². The van der Waals surface area contributed by atoms with E-state index in [0.717, 1.165) is 57.8 Å². The zero-order valence-electron chi connectivity index (χ0n) is 22.5. The summed E-state index contributed by atoms with van der Waals surface area (Å²) in [6.07, 6.45) is 7.52. The standard InChI is InChI=1S/C29H48O6/c1-6-13-34-26(33)10-7-17(2)21-8-9-22-27-23(16-25(32)29(21,22)5)28(4)12-11-20(35-18(3)30)14-19(28)15-24(27)31/h17,19-25,27,31-32H,6-16H2,1-5H3/t17-,19+,20-,21-,22+,23+,24-,25+,27+,28+,29-/m1/s1. The number of ether oxygens (including phenoxy) is 2. The zero-order chi connectivity index (χ0) is 25.5. The number of hydrogen-bond donors (Lipinski definition) is 2. The van der Waals surface area contributed by atoms with Gasteiger partial charge in [-0.2, -0.15) is 0 Å². The fourth-order valence-electron chi connectivity index (χ4n) is 9.29. The summed E-state index contributed by atoms with van der Waals surface area (Å²) in [6.45, 7) is 10.8. The molecule has 11 atom stereocenters. The Kier molecular flexibility index (Phi) is 7.93. The number of rotatable bonds is 7. The van der Waals surface area contributed by atoms with Crippen LogP contribution in [0.4, 0.5) is 0 Å². The summed E-state index contributed by atoms with van der Waals surface area (Å²) >= 11 is 0. The molecule has 4 rings (SSSR count). The van der Waals surface area contributed by atoms with Crippen LogP contribution in [0, 0.1) is 46.3 Å². The average Bonchev–Trinajstić information content (AvgIpc) is 3.16. The quantitative estimate of drug-likeness (QED) is 0.492. The Balaban J connectivity index is 1.49. The number of carbonyl (C=O) groups excluding carboxylic acids is 2. The van der Waals surface area contributed by atoms with E-state index in [1.54, 1.807) is 0 Å². The second-order valence-corrected chi connectivity index (χ2v) is 12.8. The molecule has 0 spiro atoms. The van der Waals surface area contributed by atoms with E-state index in [9.17, 15) is 19.8 Å². The Morgan fingerprint density at radius 1 is 1.06 bits per heavy atom. The van der Waals surface area contributed by atoms with Crippen molar-refractivity contribution in [2.75, 3.05) is 6.61 Å². The van der Waals surface area contributed by atoms with Crippen LogP contribution in [0.15, 0.2) is 0 Å². The molecule has 4 fully saturated rings. The lowest BCUT2D eigenvalue weighted by molar-refractivity contribution is -0.209. The second kappa shape index (κ2) is 10.3. The Morgan fingerprint density at radius 2 is 1.80 bits per heavy atom. The SMILES string of the molecule is CCCOC(=O)CC[C@@H](C)[C@H]1CC[C@H]2[C@@H]3[C@H](O)C[C@@H]4C[C@H](OC(C)=O)CC[C@]4(C)[C@H]3C[C@H](O)[C@]12C. The van der Waals surface area contributed by atoms with Gasteiger partial charge in [0.1, 0.15) is 6.10 Å². The molecule has 200 valence electrons. The van der Waals surface area contributed by atoms with Gasteiger partial charge in [-0.25, -0.2) is 0 Å². The molecule has 0 unspecified atom stereocenters. The van der Waals surface area contributed by atoms with E-state index in [1.165, 1.54) is 6.92 Å². The van der Waals surface area contributed by atoms with Gasteiger partial charge in [-0.05, 0) is 104 Å². The Bertz CT molecular complexity index is 783. The van der Waals surface area contributed by atoms with Gasteiger partial charge in [0, 0.05) is 13.3 Å². The number of esters is 2. The van der Waals surface area contributed by atoms with Crippen molar-refractivity contribution in [3.8, 4) is 0 Å². The molecule has 0 aromatic rings. The Labute approximate surface area is 211 Å². The first-order valence-electron chi connectivity index (χ1n) is 14.2. The summed E-state index contributed by atoms with van der Waals surface area (Å²) in [4.78, 5) is 23.6. The van der Waals surface area contributed by atoms with Crippen LogP contribution in [-0.4, -0.2) is 47.1 Å². The first-order valence-corrected chi connectivity index (χ1v) is 14.2. The highest BCUT2D eigenvalue weighted by atomic mass is 16.5. The van der Waals surface area contributed by atoms with Gasteiger partial charge >= 0.3 is 11.9 Å². The highest BCUT2D eigenvalue weighted by Gasteiger charge is 2.65. The van der Waals surface area contributed by atoms with E-state index in [1.807, 2.05) is 6.92 Å². The van der Waals surface area contributed by atoms with Crippen molar-refractivity contribution in [3.63, 3.8) is 0 Å². The fourth-order valence-corrected chi connectivity index (χ4v) is 9.29. The van der Waals surface area contributed by atoms with Gasteiger partial charge in [0.05, 0.1) is 18.8 Å². The van der Waals surface area contributed by atoms with Gasteiger partial charge < -0.3 is 19.7 Å². The van der Waals surface area contributed by atoms with Crippen LogP contribution in [-0.2, 0) is 19.1 Å². The number of hydrogen-bond acceptors (Lipinski definition) is 6. The van der Waals surface area contributed by atoms with E-state index < -0.39 is 6.10 Å². The topological polar surface area (TPSA) is 93.1 Å². The van der Waals surface area contributed by atoms with Crippen LogP contribution in [0.25, 0.3) is 0 Å². The molecule has 4 aliphatic carbocycles. The van der Waals surface area contributed by atoms with Gasteiger partial charge in [-0.15, -0.1) is 0 Å². The lowest BCUT2D eigenvalue weighted by atomic mass is 9.43. The summed E-state index contributed by atoms with van der Waals surface area (Å²) in [6, 6.07) is 0. The largest absolute Gasteiger partial charge is 0.466 e. The van der Waals surface area contributed by atoms with Crippen LogP contribution in [0.5, 0.6) is 0 Å². The predicted octanol–water partition coefficient (Wildman–Crippen LogP) is 4.89. The molecule has 0 amide bonds. The molecule has 0 aliphatic heterocycles. The summed E-state index contributed by atoms with van der Waals surface area (Å²) in [5.74, 6) is 1.46. The van der Waals surface area contributed by atoms with Gasteiger partial charge in [0.15, 0.2) is 0 Å². The monoisotopic (exact) mass is 492 g/mol. The molecule has 0 aromatic heterocycles. The first kappa shape index (κ1) is 26.9. The van der Waals surface area contributed by atoms with Gasteiger partial charge in [0.25, 0.3) is 0 Å². The van der Waals surface area contributed by atoms with E-state index in [4.69, 9.17) is 9.47 Å². The van der Waals surface area contributed by atoms with Crippen LogP contribution < -0.4 is 0 Å². The molecule has 4 saturated carbocycles. The maximum atomic E-state index is 12.1. The molecule has 2 N–H and O–H groups in total. The number of fused-ring (bicyclic) bond motifs is 5. The lowest BCUT2D eigenvalue weighted by Gasteiger charge is -2.63. The molecule has 0 bridgehead atoms. The predicted molar refractivity (Wildman–Crippen MR) is 133 cm³/mol. The molecule has 35 heavy (non-hydrogen) atoms. The minimum absolute atomic E-state index is 0.0474. The fraction of sp³-hybridized carbons (Fsp3) is 0.931.